The molecule has 134 valence electrons. The van der Waals surface area contributed by atoms with E-state index in [-0.39, 0.29) is 5.82 Å². The molecule has 2 aromatic carbocycles. The highest BCUT2D eigenvalue weighted by Gasteiger charge is 2.31. The summed E-state index contributed by atoms with van der Waals surface area (Å²) in [5, 5.41) is 2.54. The molecule has 2 rings (SSSR count). The Morgan fingerprint density at radius 2 is 1.69 bits per heavy atom. The first-order valence-electron chi connectivity index (χ1n) is 7.93. The fourth-order valence-corrected chi connectivity index (χ4v) is 2.25. The standard InChI is InChI=1S/C20H20FN3O2/c1-20(2,23)17(18(22)25)24-19(26)15-10-8-13(9-11-15)6-7-14-4-3-5-16(21)12-14/h3-5,8-12,17H,23H2,1-2H3,(H2,22,25)(H,24,26). The summed E-state index contributed by atoms with van der Waals surface area (Å²) in [5.41, 5.74) is 11.8. The summed E-state index contributed by atoms with van der Waals surface area (Å²) in [6.07, 6.45) is 0. The quantitative estimate of drug-likeness (QED) is 0.727. The van der Waals surface area contributed by atoms with Crippen molar-refractivity contribution < 1.29 is 14.0 Å². The minimum Gasteiger partial charge on any atom is -0.368 e. The average molecular weight is 353 g/mol. The van der Waals surface area contributed by atoms with Crippen molar-refractivity contribution in [3.63, 3.8) is 0 Å². The van der Waals surface area contributed by atoms with Crippen LogP contribution in [0.1, 0.15) is 35.3 Å². The number of carbonyl (C=O) groups is 2. The van der Waals surface area contributed by atoms with Gasteiger partial charge in [-0.25, -0.2) is 4.39 Å². The molecule has 0 bridgehead atoms. The number of nitrogens with two attached hydrogens (primary N) is 2. The van der Waals surface area contributed by atoms with Crippen LogP contribution >= 0.6 is 0 Å². The van der Waals surface area contributed by atoms with Gasteiger partial charge in [0.2, 0.25) is 5.91 Å². The highest BCUT2D eigenvalue weighted by molar-refractivity contribution is 5.97. The van der Waals surface area contributed by atoms with Crippen LogP contribution in [0.15, 0.2) is 48.5 Å². The minimum absolute atomic E-state index is 0.344. The van der Waals surface area contributed by atoms with Gasteiger partial charge in [-0.2, -0.15) is 0 Å². The van der Waals surface area contributed by atoms with Gasteiger partial charge in [-0.3, -0.25) is 9.59 Å². The predicted molar refractivity (Wildman–Crippen MR) is 97.5 cm³/mol. The van der Waals surface area contributed by atoms with Crippen LogP contribution in [0.3, 0.4) is 0 Å². The highest BCUT2D eigenvalue weighted by atomic mass is 19.1. The number of halogens is 1. The van der Waals surface area contributed by atoms with Crippen LogP contribution in [-0.2, 0) is 4.79 Å². The summed E-state index contributed by atoms with van der Waals surface area (Å²) < 4.78 is 13.1. The molecule has 5 nitrogen and oxygen atoms in total. The van der Waals surface area contributed by atoms with Crippen molar-refractivity contribution in [2.75, 3.05) is 0 Å². The van der Waals surface area contributed by atoms with Crippen molar-refractivity contribution in [1.82, 2.24) is 5.32 Å². The number of hydrogen-bond donors (Lipinski definition) is 3. The zero-order valence-electron chi connectivity index (χ0n) is 14.5. The smallest absolute Gasteiger partial charge is 0.251 e. The van der Waals surface area contributed by atoms with Gasteiger partial charge < -0.3 is 16.8 Å². The number of benzene rings is 2. The summed E-state index contributed by atoms with van der Waals surface area (Å²) in [4.78, 5) is 23.8. The van der Waals surface area contributed by atoms with Crippen LogP contribution in [0.5, 0.6) is 0 Å². The monoisotopic (exact) mass is 353 g/mol. The summed E-state index contributed by atoms with van der Waals surface area (Å²) in [7, 11) is 0. The molecule has 5 N–H and O–H groups in total. The zero-order valence-corrected chi connectivity index (χ0v) is 14.5. The first-order chi connectivity index (χ1) is 12.2. The SMILES string of the molecule is CC(C)(N)C(NC(=O)c1ccc(C#Cc2cccc(F)c2)cc1)C(N)=O. The fraction of sp³-hybridized carbons (Fsp3) is 0.200. The summed E-state index contributed by atoms with van der Waals surface area (Å²) >= 11 is 0. The van der Waals surface area contributed by atoms with Crippen molar-refractivity contribution in [2.24, 2.45) is 11.5 Å². The Morgan fingerprint density at radius 3 is 2.23 bits per heavy atom. The molecule has 0 fully saturated rings. The second kappa shape index (κ2) is 7.81. The maximum atomic E-state index is 13.1. The Hall–Kier alpha value is -3.17. The first kappa shape index (κ1) is 19.2. The second-order valence-electron chi connectivity index (χ2n) is 6.47. The zero-order chi connectivity index (χ0) is 19.3. The van der Waals surface area contributed by atoms with Gasteiger partial charge in [0.05, 0.1) is 0 Å². The lowest BCUT2D eigenvalue weighted by molar-refractivity contribution is -0.121. The highest BCUT2D eigenvalue weighted by Crippen LogP contribution is 2.09. The molecule has 1 unspecified atom stereocenters. The second-order valence-corrected chi connectivity index (χ2v) is 6.47. The van der Waals surface area contributed by atoms with E-state index < -0.39 is 23.4 Å². The molecule has 0 aliphatic heterocycles. The van der Waals surface area contributed by atoms with Crippen LogP contribution in [0, 0.1) is 17.7 Å². The van der Waals surface area contributed by atoms with Crippen LogP contribution in [-0.4, -0.2) is 23.4 Å². The van der Waals surface area contributed by atoms with Gasteiger partial charge in [-0.15, -0.1) is 0 Å². The van der Waals surface area contributed by atoms with E-state index in [0.29, 0.717) is 16.7 Å². The Morgan fingerprint density at radius 1 is 1.08 bits per heavy atom. The molecule has 2 amide bonds. The number of hydrogen-bond acceptors (Lipinski definition) is 3. The minimum atomic E-state index is -0.998. The Kier molecular flexibility index (Phi) is 5.75. The summed E-state index contributed by atoms with van der Waals surface area (Å²) in [6, 6.07) is 11.5. The van der Waals surface area contributed by atoms with Crippen molar-refractivity contribution >= 4 is 11.8 Å². The van der Waals surface area contributed by atoms with Gasteiger partial charge in [-0.1, -0.05) is 17.9 Å². The third kappa shape index (κ3) is 5.16. The van der Waals surface area contributed by atoms with Crippen molar-refractivity contribution in [1.29, 1.82) is 0 Å². The van der Waals surface area contributed by atoms with Gasteiger partial charge in [-0.05, 0) is 56.3 Å². The van der Waals surface area contributed by atoms with Gasteiger partial charge in [0.1, 0.15) is 11.9 Å². The Balaban J connectivity index is 2.12. The fourth-order valence-electron chi connectivity index (χ4n) is 2.25. The molecular formula is C20H20FN3O2. The molecule has 0 radical (unpaired) electrons. The molecule has 1 atom stereocenters. The molecule has 0 saturated heterocycles. The van der Waals surface area contributed by atoms with Crippen LogP contribution < -0.4 is 16.8 Å². The molecule has 0 aliphatic carbocycles. The van der Waals surface area contributed by atoms with Gasteiger partial charge in [0, 0.05) is 22.2 Å². The molecule has 26 heavy (non-hydrogen) atoms. The van der Waals surface area contributed by atoms with E-state index in [1.54, 1.807) is 50.2 Å². The number of rotatable bonds is 4. The van der Waals surface area contributed by atoms with Gasteiger partial charge in [0.15, 0.2) is 0 Å². The number of nitrogens with one attached hydrogen (secondary N) is 1. The van der Waals surface area contributed by atoms with Crippen LogP contribution in [0.2, 0.25) is 0 Å². The lowest BCUT2D eigenvalue weighted by atomic mass is 9.95. The van der Waals surface area contributed by atoms with Crippen LogP contribution in [0.4, 0.5) is 4.39 Å². The molecule has 0 spiro atoms. The third-order valence-corrected chi connectivity index (χ3v) is 3.63. The number of amides is 2. The molecule has 2 aromatic rings. The lowest BCUT2D eigenvalue weighted by Gasteiger charge is -2.28. The summed E-state index contributed by atoms with van der Waals surface area (Å²) in [6.45, 7) is 3.21. The third-order valence-electron chi connectivity index (χ3n) is 3.63. The van der Waals surface area contributed by atoms with Crippen molar-refractivity contribution in [2.45, 2.75) is 25.4 Å². The van der Waals surface area contributed by atoms with E-state index in [2.05, 4.69) is 17.2 Å². The van der Waals surface area contributed by atoms with E-state index >= 15 is 0 Å². The normalized spacial score (nSPS) is 11.8. The van der Waals surface area contributed by atoms with E-state index in [0.717, 1.165) is 0 Å². The predicted octanol–water partition coefficient (Wildman–Crippen LogP) is 1.55. The van der Waals surface area contributed by atoms with Crippen molar-refractivity contribution in [3.8, 4) is 11.8 Å². The number of primary amides is 1. The van der Waals surface area contributed by atoms with Gasteiger partial charge >= 0.3 is 0 Å². The molecule has 0 aromatic heterocycles. The van der Waals surface area contributed by atoms with E-state index in [1.165, 1.54) is 12.1 Å². The Labute approximate surface area is 151 Å². The maximum Gasteiger partial charge on any atom is 0.251 e. The van der Waals surface area contributed by atoms with E-state index in [4.69, 9.17) is 11.5 Å². The molecule has 0 heterocycles. The molecule has 6 heteroatoms. The lowest BCUT2D eigenvalue weighted by Crippen LogP contribution is -2.60. The first-order valence-corrected chi connectivity index (χ1v) is 7.93. The topological polar surface area (TPSA) is 98.2 Å². The Bertz CT molecular complexity index is 874. The van der Waals surface area contributed by atoms with Crippen molar-refractivity contribution in [3.05, 3.63) is 71.0 Å². The molecule has 0 aliphatic rings. The average Bonchev–Trinajstić information content (AvgIpc) is 2.57. The molecule has 0 saturated carbocycles. The van der Waals surface area contributed by atoms with Crippen LogP contribution in [0.25, 0.3) is 0 Å². The summed E-state index contributed by atoms with van der Waals surface area (Å²) in [5.74, 6) is 4.23. The maximum absolute atomic E-state index is 13.1. The number of carbonyl (C=O) groups excluding carboxylic acids is 2. The van der Waals surface area contributed by atoms with Gasteiger partial charge in [0.25, 0.3) is 5.91 Å². The van der Waals surface area contributed by atoms with E-state index in [1.807, 2.05) is 0 Å². The van der Waals surface area contributed by atoms with E-state index in [9.17, 15) is 14.0 Å². The largest absolute Gasteiger partial charge is 0.368 e. The molecular weight excluding hydrogens is 333 g/mol.